The molecule has 0 spiro atoms. The lowest BCUT2D eigenvalue weighted by molar-refractivity contribution is -0.120. The maximum Gasteiger partial charge on any atom is 0.407 e. The summed E-state index contributed by atoms with van der Waals surface area (Å²) in [5, 5.41) is 6.53. The van der Waals surface area contributed by atoms with Crippen LogP contribution in [0, 0.1) is 6.92 Å². The minimum Gasteiger partial charge on any atom is -0.444 e. The zero-order valence-corrected chi connectivity index (χ0v) is 19.8. The van der Waals surface area contributed by atoms with Crippen LogP contribution in [-0.2, 0) is 16.0 Å². The highest BCUT2D eigenvalue weighted by atomic mass is 35.5. The van der Waals surface area contributed by atoms with E-state index in [-0.39, 0.29) is 36.9 Å². The number of aromatic amines is 1. The Balaban J connectivity index is 1.74. The Bertz CT molecular complexity index is 1200. The molecule has 0 radical (unpaired) electrons. The van der Waals surface area contributed by atoms with Crippen molar-refractivity contribution in [3.05, 3.63) is 64.1 Å². The first kappa shape index (κ1) is 24.3. The molecule has 3 rings (SSSR count). The number of hydrogen-bond acceptors (Lipinski definition) is 5. The van der Waals surface area contributed by atoms with Crippen LogP contribution >= 0.6 is 11.6 Å². The average Bonchev–Trinajstić information content (AvgIpc) is 3.07. The van der Waals surface area contributed by atoms with Crippen LogP contribution in [0.3, 0.4) is 0 Å². The summed E-state index contributed by atoms with van der Waals surface area (Å²) < 4.78 is 5.16. The van der Waals surface area contributed by atoms with E-state index in [0.29, 0.717) is 27.2 Å². The van der Waals surface area contributed by atoms with Gasteiger partial charge in [-0.05, 0) is 69.2 Å². The molecule has 9 heteroatoms. The van der Waals surface area contributed by atoms with Gasteiger partial charge in [-0.1, -0.05) is 11.6 Å². The number of nitrogens with one attached hydrogen (secondary N) is 3. The van der Waals surface area contributed by atoms with E-state index < -0.39 is 11.7 Å². The van der Waals surface area contributed by atoms with Gasteiger partial charge in [-0.3, -0.25) is 14.6 Å². The topological polar surface area (TPSA) is 113 Å². The highest BCUT2D eigenvalue weighted by Crippen LogP contribution is 2.27. The van der Waals surface area contributed by atoms with Gasteiger partial charge in [-0.25, -0.2) is 4.79 Å². The summed E-state index contributed by atoms with van der Waals surface area (Å²) >= 11 is 6.17. The van der Waals surface area contributed by atoms with Crippen molar-refractivity contribution in [2.45, 2.75) is 39.7 Å². The Morgan fingerprint density at radius 2 is 1.82 bits per heavy atom. The zero-order valence-electron chi connectivity index (χ0n) is 19.0. The largest absolute Gasteiger partial charge is 0.444 e. The van der Waals surface area contributed by atoms with Crippen molar-refractivity contribution in [2.75, 3.05) is 13.1 Å². The number of hydrogen-bond donors (Lipinski definition) is 3. The number of ketones is 1. The van der Waals surface area contributed by atoms with Crippen LogP contribution < -0.4 is 10.6 Å². The molecule has 3 aromatic rings. The summed E-state index contributed by atoms with van der Waals surface area (Å²) in [5.74, 6) is -0.603. The number of ether oxygens (including phenoxy) is 1. The fourth-order valence-corrected chi connectivity index (χ4v) is 3.46. The number of halogens is 1. The number of amides is 2. The molecular weight excluding hydrogens is 444 g/mol. The number of alkyl carbamates (subject to hydrolysis) is 1. The molecule has 0 unspecified atom stereocenters. The van der Waals surface area contributed by atoms with Crippen LogP contribution in [-0.4, -0.2) is 46.4 Å². The summed E-state index contributed by atoms with van der Waals surface area (Å²) in [6.45, 7) is 7.61. The number of pyridine rings is 1. The standard InChI is InChI=1S/C24H27ClN4O4/c1-14-7-8-26-19(11-14)22(31)21-17(16-12-15(25)5-6-18(16)29-21)13-20(30)27-9-10-28-23(32)33-24(2,3)4/h5-8,11-12,29H,9-10,13H2,1-4H3,(H,27,30)(H,28,32). The number of benzene rings is 1. The Labute approximate surface area is 197 Å². The first-order valence-electron chi connectivity index (χ1n) is 10.5. The smallest absolute Gasteiger partial charge is 0.407 e. The highest BCUT2D eigenvalue weighted by Gasteiger charge is 2.22. The minimum atomic E-state index is -0.598. The molecule has 2 amide bonds. The summed E-state index contributed by atoms with van der Waals surface area (Å²) in [6.07, 6.45) is 0.979. The monoisotopic (exact) mass is 470 g/mol. The normalized spacial score (nSPS) is 11.3. The second-order valence-electron chi connectivity index (χ2n) is 8.67. The highest BCUT2D eigenvalue weighted by molar-refractivity contribution is 6.31. The van der Waals surface area contributed by atoms with Crippen molar-refractivity contribution < 1.29 is 19.1 Å². The molecule has 8 nitrogen and oxygen atoms in total. The van der Waals surface area contributed by atoms with Gasteiger partial charge in [0.25, 0.3) is 0 Å². The van der Waals surface area contributed by atoms with E-state index >= 15 is 0 Å². The fraction of sp³-hybridized carbons (Fsp3) is 0.333. The Morgan fingerprint density at radius 1 is 1.09 bits per heavy atom. The molecule has 0 aliphatic rings. The van der Waals surface area contributed by atoms with Crippen LogP contribution in [0.15, 0.2) is 36.5 Å². The third-order valence-electron chi connectivity index (χ3n) is 4.70. The predicted octanol–water partition coefficient (Wildman–Crippen LogP) is 3.94. The van der Waals surface area contributed by atoms with Gasteiger partial charge in [0.05, 0.1) is 12.1 Å². The maximum absolute atomic E-state index is 13.2. The van der Waals surface area contributed by atoms with Gasteiger partial charge in [0.15, 0.2) is 0 Å². The number of fused-ring (bicyclic) bond motifs is 1. The molecule has 0 saturated heterocycles. The molecule has 0 aliphatic carbocycles. The first-order valence-corrected chi connectivity index (χ1v) is 10.9. The van der Waals surface area contributed by atoms with Gasteiger partial charge in [-0.15, -0.1) is 0 Å². The van der Waals surface area contributed by atoms with Gasteiger partial charge >= 0.3 is 6.09 Å². The molecular formula is C24H27ClN4O4. The van der Waals surface area contributed by atoms with Gasteiger partial charge < -0.3 is 20.4 Å². The van der Waals surface area contributed by atoms with E-state index in [1.54, 1.807) is 57.3 Å². The molecule has 0 atom stereocenters. The van der Waals surface area contributed by atoms with Crippen LogP contribution in [0.5, 0.6) is 0 Å². The molecule has 2 heterocycles. The van der Waals surface area contributed by atoms with Crippen molar-refractivity contribution in [1.82, 2.24) is 20.6 Å². The van der Waals surface area contributed by atoms with Crippen molar-refractivity contribution in [3.63, 3.8) is 0 Å². The van der Waals surface area contributed by atoms with Crippen LogP contribution in [0.4, 0.5) is 4.79 Å². The van der Waals surface area contributed by atoms with E-state index in [2.05, 4.69) is 20.6 Å². The van der Waals surface area contributed by atoms with Crippen molar-refractivity contribution in [3.8, 4) is 0 Å². The lowest BCUT2D eigenvalue weighted by atomic mass is 10.0. The molecule has 0 fully saturated rings. The Morgan fingerprint density at radius 3 is 2.52 bits per heavy atom. The lowest BCUT2D eigenvalue weighted by Gasteiger charge is -2.19. The third-order valence-corrected chi connectivity index (χ3v) is 4.93. The molecule has 174 valence electrons. The number of rotatable bonds is 7. The Hall–Kier alpha value is -3.39. The molecule has 0 aliphatic heterocycles. The summed E-state index contributed by atoms with van der Waals surface area (Å²) in [4.78, 5) is 44.8. The van der Waals surface area contributed by atoms with E-state index in [9.17, 15) is 14.4 Å². The Kier molecular flexibility index (Phi) is 7.38. The van der Waals surface area contributed by atoms with Crippen LogP contribution in [0.1, 0.15) is 48.1 Å². The van der Waals surface area contributed by atoms with Gasteiger partial charge in [-0.2, -0.15) is 0 Å². The summed E-state index contributed by atoms with van der Waals surface area (Å²) in [5.41, 5.74) is 2.13. The lowest BCUT2D eigenvalue weighted by Crippen LogP contribution is -2.38. The number of nitrogens with zero attached hydrogens (tertiary/aromatic N) is 1. The van der Waals surface area contributed by atoms with Crippen molar-refractivity contribution in [1.29, 1.82) is 0 Å². The zero-order chi connectivity index (χ0) is 24.2. The average molecular weight is 471 g/mol. The summed E-state index contributed by atoms with van der Waals surface area (Å²) in [6, 6.07) is 8.71. The third kappa shape index (κ3) is 6.55. The molecule has 0 bridgehead atoms. The van der Waals surface area contributed by atoms with E-state index in [1.807, 2.05) is 6.92 Å². The van der Waals surface area contributed by atoms with E-state index in [1.165, 1.54) is 0 Å². The molecule has 2 aromatic heterocycles. The second kappa shape index (κ2) is 10.0. The summed E-state index contributed by atoms with van der Waals surface area (Å²) in [7, 11) is 0. The number of aryl methyl sites for hydroxylation is 1. The second-order valence-corrected chi connectivity index (χ2v) is 9.11. The number of carbonyl (C=O) groups excluding carboxylic acids is 3. The van der Waals surface area contributed by atoms with Crippen LogP contribution in [0.25, 0.3) is 10.9 Å². The number of carbonyl (C=O) groups is 3. The number of H-pyrrole nitrogens is 1. The van der Waals surface area contributed by atoms with Gasteiger partial charge in [0, 0.05) is 35.2 Å². The predicted molar refractivity (Wildman–Crippen MR) is 127 cm³/mol. The van der Waals surface area contributed by atoms with Gasteiger partial charge in [0.1, 0.15) is 11.3 Å². The van der Waals surface area contributed by atoms with E-state index in [0.717, 1.165) is 5.56 Å². The van der Waals surface area contributed by atoms with Crippen molar-refractivity contribution in [2.24, 2.45) is 0 Å². The minimum absolute atomic E-state index is 0.0420. The maximum atomic E-state index is 13.2. The SMILES string of the molecule is Cc1ccnc(C(=O)c2[nH]c3ccc(Cl)cc3c2CC(=O)NCCNC(=O)OC(C)(C)C)c1. The molecule has 1 aromatic carbocycles. The van der Waals surface area contributed by atoms with Crippen LogP contribution in [0.2, 0.25) is 5.02 Å². The first-order chi connectivity index (χ1) is 15.5. The molecule has 0 saturated carbocycles. The van der Waals surface area contributed by atoms with Gasteiger partial charge in [0.2, 0.25) is 11.7 Å². The molecule has 33 heavy (non-hydrogen) atoms. The fourth-order valence-electron chi connectivity index (χ4n) is 3.29. The van der Waals surface area contributed by atoms with E-state index in [4.69, 9.17) is 16.3 Å². The number of aromatic nitrogens is 2. The van der Waals surface area contributed by atoms with Crippen molar-refractivity contribution >= 4 is 40.3 Å². The quantitative estimate of drug-likeness (QED) is 0.357. The molecule has 3 N–H and O–H groups in total.